The molecular formula is C41H61B2N3O10. The maximum atomic E-state index is 11.1. The van der Waals surface area contributed by atoms with Crippen molar-refractivity contribution < 1.29 is 47.2 Å². The Morgan fingerprint density at radius 1 is 0.536 bits per heavy atom. The number of esters is 3. The van der Waals surface area contributed by atoms with E-state index >= 15 is 0 Å². The molecule has 2 fully saturated rings. The zero-order chi connectivity index (χ0) is 42.2. The second-order valence-electron chi connectivity index (χ2n) is 15.2. The molecule has 0 amide bonds. The molecule has 13 nitrogen and oxygen atoms in total. The molecule has 0 spiro atoms. The lowest BCUT2D eigenvalue weighted by Gasteiger charge is -2.32. The van der Waals surface area contributed by atoms with Gasteiger partial charge in [-0.25, -0.2) is 0 Å². The predicted molar refractivity (Wildman–Crippen MR) is 215 cm³/mol. The minimum Gasteiger partial charge on any atom is -0.466 e. The van der Waals surface area contributed by atoms with Crippen LogP contribution in [0.15, 0.2) is 61.1 Å². The van der Waals surface area contributed by atoms with Gasteiger partial charge in [0.15, 0.2) is 0 Å². The Morgan fingerprint density at radius 3 is 1.30 bits per heavy atom. The molecule has 5 rings (SSSR count). The van der Waals surface area contributed by atoms with Gasteiger partial charge in [-0.05, 0) is 131 Å². The third kappa shape index (κ3) is 15.8. The molecule has 0 radical (unpaired) electrons. The third-order valence-electron chi connectivity index (χ3n) is 9.33. The Morgan fingerprint density at radius 2 is 0.946 bits per heavy atom. The van der Waals surface area contributed by atoms with Gasteiger partial charge in [0.2, 0.25) is 0 Å². The number of hydrogen-bond acceptors (Lipinski definition) is 13. The summed E-state index contributed by atoms with van der Waals surface area (Å²) < 4.78 is 38.2. The fraction of sp³-hybridized carbons (Fsp3) is 0.561. The Balaban J connectivity index is 0.000000262. The SMILES string of the molecule is CC1(C)OB(B2OC(C)(C)C(C)(C)O2)OC1(C)C.CCOC(=O)Cc1cc(C)ccn1.CCOC(=O)Cc1ccc(C)cn1.CCOC(=O)Cc1ccccn1. The van der Waals surface area contributed by atoms with Crippen LogP contribution < -0.4 is 0 Å². The number of carbonyl (C=O) groups excluding carboxylic acids is 3. The number of ether oxygens (including phenoxy) is 3. The van der Waals surface area contributed by atoms with Crippen LogP contribution in [0, 0.1) is 13.8 Å². The molecule has 0 N–H and O–H groups in total. The smallest absolute Gasteiger partial charge is 0.466 e. The average Bonchev–Trinajstić information content (AvgIpc) is 3.47. The van der Waals surface area contributed by atoms with Crippen molar-refractivity contribution in [2.24, 2.45) is 0 Å². The standard InChI is InChI=1S/C12H24B2O4.2C10H13NO2.C9H11NO2/c1-9(2)10(3,4)16-13(15-9)14-17-11(5,6)12(7,8)18-14;1-3-13-10(12)6-9-5-4-8(2)7-11-9;1-3-13-10(12)7-9-6-8(2)4-5-11-9;1-2-12-9(11)7-8-5-3-4-6-10-8/h1-8H3;4-5,7H,3,6H2,1-2H3;4-6H,3,7H2,1-2H3;3-6H,2,7H2,1H3. The number of carbonyl (C=O) groups is 3. The molecule has 2 saturated heterocycles. The van der Waals surface area contributed by atoms with E-state index in [0.717, 1.165) is 28.2 Å². The van der Waals surface area contributed by atoms with Gasteiger partial charge in [-0.3, -0.25) is 29.3 Å². The van der Waals surface area contributed by atoms with Gasteiger partial charge in [-0.2, -0.15) is 0 Å². The molecule has 56 heavy (non-hydrogen) atoms. The monoisotopic (exact) mass is 777 g/mol. The lowest BCUT2D eigenvalue weighted by atomic mass is 9.49. The average molecular weight is 778 g/mol. The molecule has 0 unspecified atom stereocenters. The van der Waals surface area contributed by atoms with E-state index in [1.165, 1.54) is 0 Å². The first-order chi connectivity index (χ1) is 26.1. The van der Waals surface area contributed by atoms with Crippen LogP contribution in [0.4, 0.5) is 0 Å². The molecule has 0 saturated carbocycles. The van der Waals surface area contributed by atoms with Gasteiger partial charge < -0.3 is 32.8 Å². The molecule has 3 aromatic rings. The summed E-state index contributed by atoms with van der Waals surface area (Å²) in [6.07, 6.45) is 5.88. The summed E-state index contributed by atoms with van der Waals surface area (Å²) in [6.45, 7) is 26.8. The highest BCUT2D eigenvalue weighted by atomic mass is 16.7. The molecule has 2 aliphatic heterocycles. The van der Waals surface area contributed by atoms with Gasteiger partial charge in [0.05, 0.1) is 78.6 Å². The maximum Gasteiger partial charge on any atom is 0.488 e. The second-order valence-corrected chi connectivity index (χ2v) is 15.2. The number of pyridine rings is 3. The quantitative estimate of drug-likeness (QED) is 0.126. The van der Waals surface area contributed by atoms with E-state index in [2.05, 4.69) is 15.0 Å². The highest BCUT2D eigenvalue weighted by Gasteiger charge is 2.63. The van der Waals surface area contributed by atoms with Crippen LogP contribution in [0.2, 0.25) is 0 Å². The number of hydrogen-bond donors (Lipinski definition) is 0. The van der Waals surface area contributed by atoms with Crippen LogP contribution in [-0.4, -0.2) is 89.1 Å². The first-order valence-electron chi connectivity index (χ1n) is 19.1. The zero-order valence-corrected chi connectivity index (χ0v) is 35.6. The molecule has 15 heteroatoms. The van der Waals surface area contributed by atoms with Crippen LogP contribution in [0.1, 0.15) is 104 Å². The fourth-order valence-electron chi connectivity index (χ4n) is 4.88. The van der Waals surface area contributed by atoms with Crippen molar-refractivity contribution in [3.8, 4) is 0 Å². The predicted octanol–water partition coefficient (Wildman–Crippen LogP) is 6.43. The molecule has 2 aliphatic rings. The van der Waals surface area contributed by atoms with Gasteiger partial charge in [0, 0.05) is 18.6 Å². The Kier molecular flexibility index (Phi) is 18.8. The van der Waals surface area contributed by atoms with Gasteiger partial charge in [0.25, 0.3) is 0 Å². The number of aromatic nitrogens is 3. The van der Waals surface area contributed by atoms with Gasteiger partial charge in [0.1, 0.15) is 0 Å². The molecular weight excluding hydrogens is 716 g/mol. The van der Waals surface area contributed by atoms with Gasteiger partial charge in [-0.1, -0.05) is 12.1 Å². The summed E-state index contributed by atoms with van der Waals surface area (Å²) in [5.41, 5.74) is 3.02. The van der Waals surface area contributed by atoms with Gasteiger partial charge >= 0.3 is 31.9 Å². The number of aryl methyl sites for hydroxylation is 2. The van der Waals surface area contributed by atoms with Crippen LogP contribution >= 0.6 is 0 Å². The fourth-order valence-corrected chi connectivity index (χ4v) is 4.88. The van der Waals surface area contributed by atoms with E-state index in [0.29, 0.717) is 19.8 Å². The topological polar surface area (TPSA) is 154 Å². The third-order valence-corrected chi connectivity index (χ3v) is 9.33. The molecule has 306 valence electrons. The zero-order valence-electron chi connectivity index (χ0n) is 35.6. The minimum absolute atomic E-state index is 0.222. The summed E-state index contributed by atoms with van der Waals surface area (Å²) in [6, 6.07) is 13.0. The summed E-state index contributed by atoms with van der Waals surface area (Å²) in [5, 5.41) is 0. The Labute approximate surface area is 334 Å². The molecule has 0 atom stereocenters. The van der Waals surface area contributed by atoms with Crippen LogP contribution in [0.5, 0.6) is 0 Å². The lowest BCUT2D eigenvalue weighted by molar-refractivity contribution is -0.143. The van der Waals surface area contributed by atoms with E-state index in [-0.39, 0.29) is 59.6 Å². The summed E-state index contributed by atoms with van der Waals surface area (Å²) in [5.74, 6) is -0.671. The minimum atomic E-state index is -0.476. The second kappa shape index (κ2) is 21.9. The molecule has 0 aromatic carbocycles. The van der Waals surface area contributed by atoms with Crippen molar-refractivity contribution in [2.75, 3.05) is 19.8 Å². The van der Waals surface area contributed by atoms with Crippen LogP contribution in [-0.2, 0) is 66.5 Å². The van der Waals surface area contributed by atoms with Crippen molar-refractivity contribution >= 4 is 31.9 Å². The molecule has 5 heterocycles. The van der Waals surface area contributed by atoms with Crippen LogP contribution in [0.3, 0.4) is 0 Å². The normalized spacial score (nSPS) is 16.8. The van der Waals surface area contributed by atoms with Crippen molar-refractivity contribution in [2.45, 2.75) is 132 Å². The highest BCUT2D eigenvalue weighted by Crippen LogP contribution is 2.42. The van der Waals surface area contributed by atoms with E-state index in [9.17, 15) is 14.4 Å². The van der Waals surface area contributed by atoms with Gasteiger partial charge in [-0.15, -0.1) is 0 Å². The molecule has 0 aliphatic carbocycles. The number of nitrogens with zero attached hydrogens (tertiary/aromatic N) is 3. The summed E-state index contributed by atoms with van der Waals surface area (Å²) in [7, 11) is -0.952. The molecule has 3 aromatic heterocycles. The first kappa shape index (κ1) is 48.0. The number of rotatable bonds is 10. The van der Waals surface area contributed by atoms with Crippen molar-refractivity contribution in [3.63, 3.8) is 0 Å². The van der Waals surface area contributed by atoms with Crippen molar-refractivity contribution in [3.05, 3.63) is 89.3 Å². The molecule has 0 bridgehead atoms. The highest BCUT2D eigenvalue weighted by molar-refractivity contribution is 7.11. The van der Waals surface area contributed by atoms with Crippen molar-refractivity contribution in [1.82, 2.24) is 15.0 Å². The lowest BCUT2D eigenvalue weighted by Crippen LogP contribution is -2.41. The van der Waals surface area contributed by atoms with E-state index in [4.69, 9.17) is 32.8 Å². The first-order valence-corrected chi connectivity index (χ1v) is 19.1. The van der Waals surface area contributed by atoms with E-state index in [1.807, 2.05) is 106 Å². The maximum absolute atomic E-state index is 11.1. The largest absolute Gasteiger partial charge is 0.488 e. The Hall–Kier alpha value is -4.17. The van der Waals surface area contributed by atoms with E-state index < -0.39 is 14.0 Å². The van der Waals surface area contributed by atoms with E-state index in [1.54, 1.807) is 45.4 Å². The van der Waals surface area contributed by atoms with Crippen LogP contribution in [0.25, 0.3) is 0 Å². The van der Waals surface area contributed by atoms with Crippen molar-refractivity contribution in [1.29, 1.82) is 0 Å². The summed E-state index contributed by atoms with van der Waals surface area (Å²) in [4.78, 5) is 45.2. The Bertz CT molecular complexity index is 1610. The summed E-state index contributed by atoms with van der Waals surface area (Å²) >= 11 is 0.